The van der Waals surface area contributed by atoms with Crippen molar-refractivity contribution in [2.24, 2.45) is 0 Å². The van der Waals surface area contributed by atoms with Crippen LogP contribution >= 0.6 is 15.9 Å². The third-order valence-corrected chi connectivity index (χ3v) is 1.80. The number of carboxylic acids is 1. The summed E-state index contributed by atoms with van der Waals surface area (Å²) >= 11 is 3.13. The van der Waals surface area contributed by atoms with Gasteiger partial charge in [0.2, 0.25) is 5.91 Å². The second-order valence-electron chi connectivity index (χ2n) is 2.54. The molecular formula is C8H7BrN2O3. The second kappa shape index (κ2) is 4.19. The van der Waals surface area contributed by atoms with Crippen molar-refractivity contribution in [1.82, 2.24) is 4.98 Å². The predicted octanol–water partition coefficient (Wildman–Crippen LogP) is 1.50. The van der Waals surface area contributed by atoms with Gasteiger partial charge in [-0.2, -0.15) is 0 Å². The zero-order chi connectivity index (χ0) is 10.7. The quantitative estimate of drug-likeness (QED) is 0.843. The number of aromatic carboxylic acids is 1. The monoisotopic (exact) mass is 258 g/mol. The number of nitrogens with one attached hydrogen (secondary N) is 1. The van der Waals surface area contributed by atoms with E-state index in [9.17, 15) is 9.59 Å². The summed E-state index contributed by atoms with van der Waals surface area (Å²) in [6, 6.07) is 1.48. The largest absolute Gasteiger partial charge is 0.476 e. The molecule has 2 N–H and O–H groups in total. The summed E-state index contributed by atoms with van der Waals surface area (Å²) in [6.45, 7) is 1.30. The van der Waals surface area contributed by atoms with Crippen molar-refractivity contribution in [3.63, 3.8) is 0 Å². The minimum Gasteiger partial charge on any atom is -0.476 e. The van der Waals surface area contributed by atoms with Gasteiger partial charge in [0.05, 0.1) is 5.69 Å². The molecule has 0 fully saturated rings. The number of rotatable bonds is 2. The molecule has 6 heteroatoms. The normalized spacial score (nSPS) is 9.57. The molecule has 0 spiro atoms. The average molecular weight is 259 g/mol. The molecule has 0 atom stereocenters. The predicted molar refractivity (Wildman–Crippen MR) is 53.2 cm³/mol. The minimum atomic E-state index is -1.18. The van der Waals surface area contributed by atoms with Crippen molar-refractivity contribution in [2.75, 3.05) is 5.32 Å². The van der Waals surface area contributed by atoms with E-state index in [0.29, 0.717) is 4.47 Å². The number of amides is 1. The maximum atomic E-state index is 10.8. The van der Waals surface area contributed by atoms with Gasteiger partial charge in [0.15, 0.2) is 5.69 Å². The molecule has 0 aliphatic rings. The standard InChI is InChI=1S/C8H7BrN2O3/c1-4(12)11-6-2-5(9)3-10-7(6)8(13)14/h2-3H,1H3,(H,11,12)(H,13,14). The zero-order valence-electron chi connectivity index (χ0n) is 7.24. The zero-order valence-corrected chi connectivity index (χ0v) is 8.83. The van der Waals surface area contributed by atoms with E-state index < -0.39 is 5.97 Å². The van der Waals surface area contributed by atoms with Gasteiger partial charge < -0.3 is 10.4 Å². The van der Waals surface area contributed by atoms with Crippen molar-refractivity contribution < 1.29 is 14.7 Å². The van der Waals surface area contributed by atoms with Gasteiger partial charge >= 0.3 is 5.97 Å². The molecule has 0 bridgehead atoms. The van der Waals surface area contributed by atoms with Crippen molar-refractivity contribution in [3.8, 4) is 0 Å². The highest BCUT2D eigenvalue weighted by Crippen LogP contribution is 2.18. The van der Waals surface area contributed by atoms with E-state index in [1.54, 1.807) is 0 Å². The summed E-state index contributed by atoms with van der Waals surface area (Å²) in [4.78, 5) is 25.1. The first-order chi connectivity index (χ1) is 6.50. The van der Waals surface area contributed by atoms with Crippen LogP contribution in [-0.4, -0.2) is 22.0 Å². The molecule has 0 radical (unpaired) electrons. The van der Waals surface area contributed by atoms with Gasteiger partial charge in [-0.05, 0) is 22.0 Å². The Morgan fingerprint density at radius 1 is 1.57 bits per heavy atom. The van der Waals surface area contributed by atoms with E-state index in [0.717, 1.165) is 0 Å². The Hall–Kier alpha value is -1.43. The maximum Gasteiger partial charge on any atom is 0.356 e. The highest BCUT2D eigenvalue weighted by atomic mass is 79.9. The number of carbonyl (C=O) groups excluding carboxylic acids is 1. The summed E-state index contributed by atoms with van der Waals surface area (Å²) in [6.07, 6.45) is 1.36. The van der Waals surface area contributed by atoms with E-state index >= 15 is 0 Å². The highest BCUT2D eigenvalue weighted by Gasteiger charge is 2.12. The summed E-state index contributed by atoms with van der Waals surface area (Å²) in [5.74, 6) is -1.52. The Morgan fingerprint density at radius 3 is 2.71 bits per heavy atom. The van der Waals surface area contributed by atoms with E-state index in [-0.39, 0.29) is 17.3 Å². The first-order valence-corrected chi connectivity index (χ1v) is 4.46. The fourth-order valence-electron chi connectivity index (χ4n) is 0.895. The third kappa shape index (κ3) is 2.53. The van der Waals surface area contributed by atoms with Gasteiger partial charge in [-0.15, -0.1) is 0 Å². The Bertz CT molecular complexity index is 392. The molecule has 1 amide bonds. The van der Waals surface area contributed by atoms with Crippen LogP contribution in [0.4, 0.5) is 5.69 Å². The summed E-state index contributed by atoms with van der Waals surface area (Å²) in [7, 11) is 0. The van der Waals surface area contributed by atoms with Gasteiger partial charge in [0, 0.05) is 17.6 Å². The number of aromatic nitrogens is 1. The molecule has 1 heterocycles. The molecule has 74 valence electrons. The van der Waals surface area contributed by atoms with Gasteiger partial charge in [-0.1, -0.05) is 0 Å². The second-order valence-corrected chi connectivity index (χ2v) is 3.45. The van der Waals surface area contributed by atoms with Crippen LogP contribution in [0, 0.1) is 0 Å². The molecule has 1 aromatic rings. The lowest BCUT2D eigenvalue weighted by Crippen LogP contribution is -2.12. The minimum absolute atomic E-state index is 0.177. The highest BCUT2D eigenvalue weighted by molar-refractivity contribution is 9.10. The number of anilines is 1. The van der Waals surface area contributed by atoms with E-state index in [1.807, 2.05) is 0 Å². The fourth-order valence-corrected chi connectivity index (χ4v) is 1.23. The number of halogens is 1. The number of nitrogens with zero attached hydrogens (tertiary/aromatic N) is 1. The van der Waals surface area contributed by atoms with Crippen LogP contribution in [0.5, 0.6) is 0 Å². The molecule has 0 saturated carbocycles. The first-order valence-electron chi connectivity index (χ1n) is 3.67. The first kappa shape index (κ1) is 10.6. The Balaban J connectivity index is 3.15. The molecule has 0 aromatic carbocycles. The van der Waals surface area contributed by atoms with E-state index in [1.165, 1.54) is 19.2 Å². The van der Waals surface area contributed by atoms with Crippen LogP contribution in [0.1, 0.15) is 17.4 Å². The molecule has 0 aliphatic carbocycles. The molecule has 1 aromatic heterocycles. The maximum absolute atomic E-state index is 10.8. The lowest BCUT2D eigenvalue weighted by Gasteiger charge is -2.05. The van der Waals surface area contributed by atoms with Gasteiger partial charge in [-0.3, -0.25) is 4.79 Å². The van der Waals surface area contributed by atoms with Crippen molar-refractivity contribution in [3.05, 3.63) is 22.4 Å². The summed E-state index contributed by atoms with van der Waals surface area (Å²) in [5, 5.41) is 11.1. The lowest BCUT2D eigenvalue weighted by atomic mass is 10.3. The van der Waals surface area contributed by atoms with Gasteiger partial charge in [0.1, 0.15) is 0 Å². The SMILES string of the molecule is CC(=O)Nc1cc(Br)cnc1C(=O)O. The average Bonchev–Trinajstić information content (AvgIpc) is 2.01. The molecule has 0 aliphatic heterocycles. The molecule has 0 unspecified atom stereocenters. The van der Waals surface area contributed by atoms with Crippen LogP contribution in [0.25, 0.3) is 0 Å². The van der Waals surface area contributed by atoms with E-state index in [4.69, 9.17) is 5.11 Å². The molecular weight excluding hydrogens is 252 g/mol. The smallest absolute Gasteiger partial charge is 0.356 e. The third-order valence-electron chi connectivity index (χ3n) is 1.37. The number of hydrogen-bond donors (Lipinski definition) is 2. The van der Waals surface area contributed by atoms with Crippen LogP contribution in [-0.2, 0) is 4.79 Å². The Labute approximate surface area is 88.3 Å². The molecule has 14 heavy (non-hydrogen) atoms. The van der Waals surface area contributed by atoms with Crippen LogP contribution in [0.2, 0.25) is 0 Å². The van der Waals surface area contributed by atoms with Crippen molar-refractivity contribution in [2.45, 2.75) is 6.92 Å². The molecule has 0 saturated heterocycles. The van der Waals surface area contributed by atoms with Crippen molar-refractivity contribution >= 4 is 33.5 Å². The van der Waals surface area contributed by atoms with Crippen LogP contribution in [0.15, 0.2) is 16.7 Å². The number of hydrogen-bond acceptors (Lipinski definition) is 3. The van der Waals surface area contributed by atoms with Crippen molar-refractivity contribution in [1.29, 1.82) is 0 Å². The van der Waals surface area contributed by atoms with Crippen LogP contribution in [0.3, 0.4) is 0 Å². The van der Waals surface area contributed by atoms with E-state index in [2.05, 4.69) is 26.2 Å². The molecule has 1 rings (SSSR count). The number of carboxylic acid groups (broad SMARTS) is 1. The van der Waals surface area contributed by atoms with Crippen LogP contribution < -0.4 is 5.32 Å². The summed E-state index contributed by atoms with van der Waals surface area (Å²) in [5.41, 5.74) is 0.00257. The van der Waals surface area contributed by atoms with Gasteiger partial charge in [-0.25, -0.2) is 9.78 Å². The molecule has 5 nitrogen and oxygen atoms in total. The number of carbonyl (C=O) groups is 2. The fraction of sp³-hybridized carbons (Fsp3) is 0.125. The summed E-state index contributed by atoms with van der Waals surface area (Å²) < 4.78 is 0.603. The Morgan fingerprint density at radius 2 is 2.21 bits per heavy atom. The lowest BCUT2D eigenvalue weighted by molar-refractivity contribution is -0.114. The Kier molecular flexibility index (Phi) is 3.19. The van der Waals surface area contributed by atoms with Gasteiger partial charge in [0.25, 0.3) is 0 Å². The topological polar surface area (TPSA) is 79.3 Å². The number of pyridine rings is 1.